The first-order valence-corrected chi connectivity index (χ1v) is 15.5. The van der Waals surface area contributed by atoms with Crippen molar-refractivity contribution in [2.45, 2.75) is 31.6 Å². The van der Waals surface area contributed by atoms with Gasteiger partial charge in [-0.2, -0.15) is 5.10 Å². The van der Waals surface area contributed by atoms with E-state index in [0.717, 1.165) is 17.5 Å². The number of amides is 2. The molecule has 0 aliphatic rings. The summed E-state index contributed by atoms with van der Waals surface area (Å²) in [4.78, 5) is 38.4. The summed E-state index contributed by atoms with van der Waals surface area (Å²) in [6.45, 7) is 1.49. The van der Waals surface area contributed by atoms with Gasteiger partial charge >= 0.3 is 6.09 Å². The maximum Gasteiger partial charge on any atom is 0.405 e. The van der Waals surface area contributed by atoms with Gasteiger partial charge in [-0.25, -0.2) is 4.79 Å². The van der Waals surface area contributed by atoms with Gasteiger partial charge in [0.25, 0.3) is 5.91 Å². The van der Waals surface area contributed by atoms with E-state index in [-0.39, 0.29) is 41.6 Å². The van der Waals surface area contributed by atoms with Crippen molar-refractivity contribution in [3.63, 3.8) is 0 Å². The number of benzene rings is 3. The van der Waals surface area contributed by atoms with Crippen molar-refractivity contribution < 1.29 is 29.6 Å². The van der Waals surface area contributed by atoms with Crippen molar-refractivity contribution in [2.75, 3.05) is 19.6 Å². The largest absolute Gasteiger partial charge is 0.506 e. The molecule has 0 radical (unpaired) electrons. The normalized spacial score (nSPS) is 12.4. The van der Waals surface area contributed by atoms with E-state index >= 15 is 0 Å². The predicted octanol–water partition coefficient (Wildman–Crippen LogP) is 3.74. The van der Waals surface area contributed by atoms with Crippen LogP contribution in [0.1, 0.15) is 57.9 Å². The lowest BCUT2D eigenvalue weighted by atomic mass is 9.99. The molecule has 250 valence electrons. The van der Waals surface area contributed by atoms with Gasteiger partial charge in [-0.3, -0.25) is 14.3 Å². The summed E-state index contributed by atoms with van der Waals surface area (Å²) < 4.78 is 7.58. The number of aromatic nitrogens is 3. The fourth-order valence-electron chi connectivity index (χ4n) is 5.39. The van der Waals surface area contributed by atoms with Crippen molar-refractivity contribution in [2.24, 2.45) is 7.05 Å². The number of hydrogen-bond donors (Lipinski definition) is 7. The molecule has 2 heterocycles. The molecule has 7 N–H and O–H groups in total. The highest BCUT2D eigenvalue weighted by molar-refractivity contribution is 5.92. The SMILES string of the molecule is Cn1nc(C(=O)NCCCCNC[C@@H](O)c2ccc(O)c3[nH]c(=O)ccc23)cc1COc1cccc(C(NC(=O)O)c2ccccc2)c1. The summed E-state index contributed by atoms with van der Waals surface area (Å²) >= 11 is 0. The van der Waals surface area contributed by atoms with E-state index in [1.807, 2.05) is 36.4 Å². The molecule has 2 aromatic heterocycles. The number of aromatic amines is 1. The van der Waals surface area contributed by atoms with Crippen LogP contribution in [0.3, 0.4) is 0 Å². The van der Waals surface area contributed by atoms with Crippen LogP contribution >= 0.6 is 0 Å². The molecule has 2 atom stereocenters. The number of nitrogens with one attached hydrogen (secondary N) is 4. The first-order chi connectivity index (χ1) is 23.2. The standard InChI is InChI=1S/C35H38N6O7/c1-41-24(21-48-25-11-7-10-23(18-25)32(39-35(46)47)22-8-3-2-4-9-22)19-28(40-41)34(45)37-17-6-5-16-36-20-30(43)26-12-14-29(42)33-27(26)13-15-31(44)38-33/h2-4,7-15,18-19,30,32,36,39,42-43H,5-6,16-17,20-21H2,1H3,(H,37,45)(H,38,44)(H,46,47)/t30-,32?/m1/s1. The molecule has 3 aromatic carbocycles. The lowest BCUT2D eigenvalue weighted by Gasteiger charge is -2.19. The van der Waals surface area contributed by atoms with Crippen LogP contribution < -0.4 is 26.2 Å². The fraction of sp³-hybridized carbons (Fsp3) is 0.257. The topological polar surface area (TPSA) is 191 Å². The summed E-state index contributed by atoms with van der Waals surface area (Å²) in [6, 6.07) is 23.6. The molecule has 13 nitrogen and oxygen atoms in total. The molecule has 0 fully saturated rings. The number of rotatable bonds is 15. The van der Waals surface area contributed by atoms with Crippen LogP contribution in [0.4, 0.5) is 4.79 Å². The number of carbonyl (C=O) groups excluding carboxylic acids is 1. The number of pyridine rings is 1. The summed E-state index contributed by atoms with van der Waals surface area (Å²) in [5, 5.41) is 43.7. The van der Waals surface area contributed by atoms with Crippen LogP contribution in [0.5, 0.6) is 11.5 Å². The van der Waals surface area contributed by atoms with E-state index in [1.165, 1.54) is 12.1 Å². The first-order valence-electron chi connectivity index (χ1n) is 15.5. The van der Waals surface area contributed by atoms with E-state index in [0.29, 0.717) is 41.9 Å². The van der Waals surface area contributed by atoms with Gasteiger partial charge in [0.15, 0.2) is 5.69 Å². The number of phenolic OH excluding ortho intramolecular Hbond substituents is 1. The third-order valence-electron chi connectivity index (χ3n) is 7.86. The summed E-state index contributed by atoms with van der Waals surface area (Å²) in [7, 11) is 1.73. The van der Waals surface area contributed by atoms with Gasteiger partial charge in [-0.15, -0.1) is 0 Å². The zero-order valence-electron chi connectivity index (χ0n) is 26.3. The number of phenols is 1. The number of carboxylic acid groups (broad SMARTS) is 1. The number of aliphatic hydroxyl groups excluding tert-OH is 1. The van der Waals surface area contributed by atoms with Gasteiger partial charge in [0.05, 0.1) is 23.4 Å². The monoisotopic (exact) mass is 654 g/mol. The zero-order chi connectivity index (χ0) is 34.0. The number of unbranched alkanes of at least 4 members (excludes halogenated alkanes) is 1. The van der Waals surface area contributed by atoms with Crippen molar-refractivity contribution in [1.82, 2.24) is 30.7 Å². The Kier molecular flexibility index (Phi) is 11.1. The van der Waals surface area contributed by atoms with E-state index in [4.69, 9.17) is 4.74 Å². The minimum Gasteiger partial charge on any atom is -0.506 e. The minimum absolute atomic E-state index is 0.0590. The molecule has 0 bridgehead atoms. The number of nitrogens with zero attached hydrogens (tertiary/aromatic N) is 2. The molecule has 5 aromatic rings. The number of ether oxygens (including phenoxy) is 1. The van der Waals surface area contributed by atoms with E-state index in [2.05, 4.69) is 26.0 Å². The molecule has 13 heteroatoms. The van der Waals surface area contributed by atoms with Crippen LogP contribution in [0, 0.1) is 0 Å². The molecule has 1 unspecified atom stereocenters. The van der Waals surface area contributed by atoms with Gasteiger partial charge in [-0.1, -0.05) is 48.5 Å². The molecule has 5 rings (SSSR count). The number of aliphatic hydroxyl groups is 1. The molecule has 48 heavy (non-hydrogen) atoms. The highest BCUT2D eigenvalue weighted by Crippen LogP contribution is 2.29. The molecule has 0 saturated heterocycles. The molecule has 0 spiro atoms. The molecule has 0 aliphatic heterocycles. The summed E-state index contributed by atoms with van der Waals surface area (Å²) in [6.07, 6.45) is -0.517. The average Bonchev–Trinajstić information content (AvgIpc) is 3.46. The second-order valence-electron chi connectivity index (χ2n) is 11.3. The predicted molar refractivity (Wildman–Crippen MR) is 179 cm³/mol. The van der Waals surface area contributed by atoms with Gasteiger partial charge in [0, 0.05) is 31.6 Å². The Labute approximate surface area is 276 Å². The molecule has 0 aliphatic carbocycles. The first kappa shape index (κ1) is 33.7. The van der Waals surface area contributed by atoms with Crippen molar-refractivity contribution in [1.29, 1.82) is 0 Å². The van der Waals surface area contributed by atoms with Gasteiger partial charge in [-0.05, 0) is 66.4 Å². The lowest BCUT2D eigenvalue weighted by molar-refractivity contribution is 0.0947. The Hall–Kier alpha value is -5.66. The maximum absolute atomic E-state index is 12.7. The van der Waals surface area contributed by atoms with Crippen molar-refractivity contribution in [3.8, 4) is 11.5 Å². The Bertz CT molecular complexity index is 1920. The third kappa shape index (κ3) is 8.57. The molecule has 2 amide bonds. The van der Waals surface area contributed by atoms with Crippen LogP contribution in [0.15, 0.2) is 89.7 Å². The summed E-state index contributed by atoms with van der Waals surface area (Å²) in [5.74, 6) is 0.183. The second-order valence-corrected chi connectivity index (χ2v) is 11.3. The van der Waals surface area contributed by atoms with Crippen LogP contribution in [0.2, 0.25) is 0 Å². The quantitative estimate of drug-likeness (QED) is 0.0825. The van der Waals surface area contributed by atoms with Crippen molar-refractivity contribution >= 4 is 22.9 Å². The van der Waals surface area contributed by atoms with Gasteiger partial charge in [0.1, 0.15) is 18.1 Å². The number of aryl methyl sites for hydroxylation is 1. The Balaban J connectivity index is 1.06. The molecular weight excluding hydrogens is 616 g/mol. The van der Waals surface area contributed by atoms with Crippen LogP contribution in [-0.2, 0) is 13.7 Å². The van der Waals surface area contributed by atoms with Gasteiger partial charge in [0.2, 0.25) is 5.56 Å². The minimum atomic E-state index is -1.13. The smallest absolute Gasteiger partial charge is 0.405 e. The zero-order valence-corrected chi connectivity index (χ0v) is 26.3. The van der Waals surface area contributed by atoms with Crippen molar-refractivity contribution in [3.05, 3.63) is 123 Å². The second kappa shape index (κ2) is 15.8. The lowest BCUT2D eigenvalue weighted by Crippen LogP contribution is -2.27. The van der Waals surface area contributed by atoms with Crippen LogP contribution in [0.25, 0.3) is 10.9 Å². The number of hydrogen-bond acceptors (Lipinski definition) is 8. The average molecular weight is 655 g/mol. The Morgan fingerprint density at radius 3 is 2.52 bits per heavy atom. The molecular formula is C35H38N6O7. The molecule has 0 saturated carbocycles. The summed E-state index contributed by atoms with van der Waals surface area (Å²) in [5.41, 5.74) is 3.02. The fourth-order valence-corrected chi connectivity index (χ4v) is 5.39. The Morgan fingerprint density at radius 2 is 1.73 bits per heavy atom. The van der Waals surface area contributed by atoms with Crippen LogP contribution in [-0.4, -0.2) is 61.7 Å². The number of H-pyrrole nitrogens is 1. The van der Waals surface area contributed by atoms with E-state index < -0.39 is 18.2 Å². The maximum atomic E-state index is 12.7. The third-order valence-corrected chi connectivity index (χ3v) is 7.86. The highest BCUT2D eigenvalue weighted by atomic mass is 16.5. The number of fused-ring (bicyclic) bond motifs is 1. The van der Waals surface area contributed by atoms with E-state index in [1.54, 1.807) is 48.1 Å². The number of carbonyl (C=O) groups is 2. The number of aromatic hydroxyl groups is 1. The van der Waals surface area contributed by atoms with Gasteiger partial charge < -0.3 is 41.0 Å². The van der Waals surface area contributed by atoms with E-state index in [9.17, 15) is 29.7 Å². The highest BCUT2D eigenvalue weighted by Gasteiger charge is 2.18. The Morgan fingerprint density at radius 1 is 0.958 bits per heavy atom.